The van der Waals surface area contributed by atoms with Crippen LogP contribution in [0.3, 0.4) is 0 Å². The lowest BCUT2D eigenvalue weighted by atomic mass is 10.0. The first-order chi connectivity index (χ1) is 22.1. The van der Waals surface area contributed by atoms with E-state index in [0.717, 1.165) is 53.9 Å². The molecule has 1 fully saturated rings. The molecular weight excluding hydrogens is 568 g/mol. The lowest BCUT2D eigenvalue weighted by Crippen LogP contribution is -2.32. The van der Waals surface area contributed by atoms with Crippen molar-refractivity contribution in [1.82, 2.24) is 4.90 Å². The second-order valence-corrected chi connectivity index (χ2v) is 11.3. The number of carbonyl (C=O) groups excluding carboxylic acids is 2. The van der Waals surface area contributed by atoms with E-state index >= 15 is 0 Å². The number of hydrogen-bond donors (Lipinski definition) is 2. The minimum Gasteiger partial charge on any atom is -0.454 e. The van der Waals surface area contributed by atoms with Gasteiger partial charge in [-0.25, -0.2) is 4.79 Å². The molecule has 0 aromatic heterocycles. The molecule has 232 valence electrons. The average molecular weight is 607 g/mol. The molecule has 0 unspecified atom stereocenters. The Hall–Kier alpha value is -5.02. The van der Waals surface area contributed by atoms with Crippen molar-refractivity contribution in [3.05, 3.63) is 108 Å². The third-order valence-corrected chi connectivity index (χ3v) is 8.07. The maximum Gasteiger partial charge on any atom is 0.412 e. The maximum atomic E-state index is 13.6. The molecule has 2 aliphatic rings. The molecule has 45 heavy (non-hydrogen) atoms. The molecule has 2 aliphatic heterocycles. The van der Waals surface area contributed by atoms with Crippen LogP contribution in [0.4, 0.5) is 16.2 Å². The van der Waals surface area contributed by atoms with E-state index in [1.54, 1.807) is 18.2 Å². The number of ether oxygens (including phenoxy) is 3. The van der Waals surface area contributed by atoms with Crippen molar-refractivity contribution in [2.24, 2.45) is 5.73 Å². The van der Waals surface area contributed by atoms with E-state index in [9.17, 15) is 9.59 Å². The van der Waals surface area contributed by atoms with Crippen LogP contribution < -0.4 is 25.4 Å². The lowest BCUT2D eigenvalue weighted by molar-refractivity contribution is 0.0741. The standard InChI is InChI=1S/C36H38N4O5/c37-16-7-19-40(35(41)30-13-15-33-34(22-30)45-25-44-33)23-27-10-6-11-28(20-27)29-12-14-32(39-17-4-5-18-39)31(21-29)38-36(42)43-24-26-8-2-1-3-9-26/h1-3,6,8-15,20-22H,4-5,7,16-19,23-25,37H2,(H,38,42). The molecule has 1 saturated heterocycles. The lowest BCUT2D eigenvalue weighted by Gasteiger charge is -2.24. The Balaban J connectivity index is 1.22. The van der Waals surface area contributed by atoms with Crippen molar-refractivity contribution in [3.8, 4) is 22.6 Å². The summed E-state index contributed by atoms with van der Waals surface area (Å²) < 4.78 is 16.4. The molecule has 0 bridgehead atoms. The summed E-state index contributed by atoms with van der Waals surface area (Å²) in [5, 5.41) is 3.00. The fourth-order valence-corrected chi connectivity index (χ4v) is 5.73. The van der Waals surface area contributed by atoms with E-state index in [-0.39, 0.29) is 19.3 Å². The van der Waals surface area contributed by atoms with E-state index in [1.165, 1.54) is 0 Å². The summed E-state index contributed by atoms with van der Waals surface area (Å²) >= 11 is 0. The number of nitrogens with zero attached hydrogens (tertiary/aromatic N) is 2. The molecule has 4 aromatic rings. The second kappa shape index (κ2) is 14.2. The topological polar surface area (TPSA) is 106 Å². The van der Waals surface area contributed by atoms with Gasteiger partial charge >= 0.3 is 6.09 Å². The third-order valence-electron chi connectivity index (χ3n) is 8.07. The number of nitrogens with one attached hydrogen (secondary N) is 1. The van der Waals surface area contributed by atoms with Crippen LogP contribution in [-0.4, -0.2) is 49.9 Å². The zero-order valence-corrected chi connectivity index (χ0v) is 25.2. The van der Waals surface area contributed by atoms with Crippen molar-refractivity contribution in [2.45, 2.75) is 32.4 Å². The first kappa shape index (κ1) is 30.0. The van der Waals surface area contributed by atoms with Crippen LogP contribution in [0, 0.1) is 0 Å². The van der Waals surface area contributed by atoms with Crippen molar-refractivity contribution in [2.75, 3.05) is 43.2 Å². The predicted octanol–water partition coefficient (Wildman–Crippen LogP) is 6.42. The minimum absolute atomic E-state index is 0.0948. The zero-order chi connectivity index (χ0) is 31.0. The van der Waals surface area contributed by atoms with Crippen molar-refractivity contribution in [3.63, 3.8) is 0 Å². The first-order valence-electron chi connectivity index (χ1n) is 15.4. The number of nitrogens with two attached hydrogens (primary N) is 1. The van der Waals surface area contributed by atoms with Gasteiger partial charge in [0.25, 0.3) is 5.91 Å². The normalized spacial score (nSPS) is 13.5. The summed E-state index contributed by atoms with van der Waals surface area (Å²) in [4.78, 5) is 30.6. The highest BCUT2D eigenvalue weighted by Crippen LogP contribution is 2.35. The van der Waals surface area contributed by atoms with Gasteiger partial charge in [0.2, 0.25) is 6.79 Å². The molecule has 0 spiro atoms. The van der Waals surface area contributed by atoms with Gasteiger partial charge in [-0.05, 0) is 84.5 Å². The summed E-state index contributed by atoms with van der Waals surface area (Å²) in [6, 6.07) is 29.2. The number of carbonyl (C=O) groups is 2. The monoisotopic (exact) mass is 606 g/mol. The van der Waals surface area contributed by atoms with Crippen LogP contribution in [-0.2, 0) is 17.9 Å². The molecule has 2 heterocycles. The maximum absolute atomic E-state index is 13.6. The Morgan fingerprint density at radius 3 is 2.44 bits per heavy atom. The Morgan fingerprint density at radius 1 is 0.844 bits per heavy atom. The van der Waals surface area contributed by atoms with Gasteiger partial charge < -0.3 is 29.7 Å². The molecule has 9 nitrogen and oxygen atoms in total. The molecular formula is C36H38N4O5. The van der Waals surface area contributed by atoms with Crippen LogP contribution in [0.5, 0.6) is 11.5 Å². The van der Waals surface area contributed by atoms with Gasteiger partial charge in [-0.3, -0.25) is 10.1 Å². The quantitative estimate of drug-likeness (QED) is 0.203. The number of amides is 2. The van der Waals surface area contributed by atoms with Gasteiger partial charge in [0.1, 0.15) is 6.61 Å². The Labute approximate surface area is 263 Å². The average Bonchev–Trinajstić information content (AvgIpc) is 3.79. The molecule has 0 radical (unpaired) electrons. The van der Waals surface area contributed by atoms with Crippen molar-refractivity contribution in [1.29, 1.82) is 0 Å². The largest absolute Gasteiger partial charge is 0.454 e. The molecule has 3 N–H and O–H groups in total. The zero-order valence-electron chi connectivity index (χ0n) is 25.2. The van der Waals surface area contributed by atoms with Crippen LogP contribution in [0.25, 0.3) is 11.1 Å². The summed E-state index contributed by atoms with van der Waals surface area (Å²) in [7, 11) is 0. The second-order valence-electron chi connectivity index (χ2n) is 11.3. The van der Waals surface area contributed by atoms with Gasteiger partial charge in [0.05, 0.1) is 11.4 Å². The number of anilines is 2. The van der Waals surface area contributed by atoms with Crippen LogP contribution >= 0.6 is 0 Å². The highest BCUT2D eigenvalue weighted by Gasteiger charge is 2.22. The summed E-state index contributed by atoms with van der Waals surface area (Å²) in [6.45, 7) is 3.66. The Bertz CT molecular complexity index is 1640. The highest BCUT2D eigenvalue weighted by molar-refractivity contribution is 5.95. The van der Waals surface area contributed by atoms with E-state index < -0.39 is 6.09 Å². The van der Waals surface area contributed by atoms with Gasteiger partial charge in [-0.2, -0.15) is 0 Å². The number of fused-ring (bicyclic) bond motifs is 1. The van der Waals surface area contributed by atoms with Crippen LogP contribution in [0.15, 0.2) is 91.0 Å². The van der Waals surface area contributed by atoms with E-state index in [4.69, 9.17) is 19.9 Å². The van der Waals surface area contributed by atoms with Crippen LogP contribution in [0.1, 0.15) is 40.7 Å². The SMILES string of the molecule is NCCCN(Cc1cccc(-c2ccc(N3CCCC3)c(NC(=O)OCc3ccccc3)c2)c1)C(=O)c1ccc2c(c1)OCO2. The van der Waals surface area contributed by atoms with Gasteiger partial charge in [-0.1, -0.05) is 54.6 Å². The van der Waals surface area contributed by atoms with Crippen LogP contribution in [0.2, 0.25) is 0 Å². The fourth-order valence-electron chi connectivity index (χ4n) is 5.73. The first-order valence-corrected chi connectivity index (χ1v) is 15.4. The van der Waals surface area contributed by atoms with E-state index in [1.807, 2.05) is 59.5 Å². The molecule has 0 atom stereocenters. The molecule has 0 aliphatic carbocycles. The van der Waals surface area contributed by atoms with Gasteiger partial charge in [0.15, 0.2) is 11.5 Å². The summed E-state index contributed by atoms with van der Waals surface area (Å²) in [5.41, 5.74) is 11.9. The molecule has 4 aromatic carbocycles. The number of hydrogen-bond acceptors (Lipinski definition) is 7. The summed E-state index contributed by atoms with van der Waals surface area (Å²) in [5.74, 6) is 1.12. The fraction of sp³-hybridized carbons (Fsp3) is 0.278. The predicted molar refractivity (Wildman–Crippen MR) is 175 cm³/mol. The van der Waals surface area contributed by atoms with E-state index in [0.29, 0.717) is 48.8 Å². The number of rotatable bonds is 11. The van der Waals surface area contributed by atoms with Crippen molar-refractivity contribution >= 4 is 23.4 Å². The molecule has 2 amide bonds. The third kappa shape index (κ3) is 7.38. The molecule has 9 heteroatoms. The molecule has 6 rings (SSSR count). The van der Waals surface area contributed by atoms with Gasteiger partial charge in [0, 0.05) is 31.7 Å². The van der Waals surface area contributed by atoms with Gasteiger partial charge in [-0.15, -0.1) is 0 Å². The number of benzene rings is 4. The Morgan fingerprint density at radius 2 is 1.62 bits per heavy atom. The van der Waals surface area contributed by atoms with E-state index in [2.05, 4.69) is 28.4 Å². The molecule has 0 saturated carbocycles. The van der Waals surface area contributed by atoms with Crippen molar-refractivity contribution < 1.29 is 23.8 Å². The summed E-state index contributed by atoms with van der Waals surface area (Å²) in [6.07, 6.45) is 2.42. The smallest absolute Gasteiger partial charge is 0.412 e. The Kier molecular flexibility index (Phi) is 9.46. The highest BCUT2D eigenvalue weighted by atomic mass is 16.7. The minimum atomic E-state index is -0.497.